The first-order valence-electron chi connectivity index (χ1n) is 5.87. The van der Waals surface area contributed by atoms with Crippen molar-refractivity contribution in [3.63, 3.8) is 0 Å². The van der Waals surface area contributed by atoms with Gasteiger partial charge in [0.15, 0.2) is 0 Å². The van der Waals surface area contributed by atoms with Crippen molar-refractivity contribution in [3.8, 4) is 0 Å². The Balaban J connectivity index is 2.21. The highest BCUT2D eigenvalue weighted by atomic mass is 127. The largest absolute Gasteiger partial charge is 0.333 e. The van der Waals surface area contributed by atoms with Crippen LogP contribution in [0.25, 0.3) is 0 Å². The van der Waals surface area contributed by atoms with Crippen LogP contribution < -0.4 is 5.32 Å². The van der Waals surface area contributed by atoms with E-state index in [1.165, 1.54) is 5.56 Å². The zero-order valence-electron chi connectivity index (χ0n) is 10.2. The van der Waals surface area contributed by atoms with E-state index in [0.29, 0.717) is 0 Å². The average molecular weight is 344 g/mol. The number of hydrogen-bond donors (Lipinski definition) is 1. The van der Waals surface area contributed by atoms with Crippen molar-refractivity contribution in [1.82, 2.24) is 10.2 Å². The van der Waals surface area contributed by atoms with Crippen molar-refractivity contribution in [3.05, 3.63) is 32.9 Å². The molecule has 1 fully saturated rings. The molecule has 0 saturated carbocycles. The van der Waals surface area contributed by atoms with E-state index >= 15 is 0 Å². The molecule has 1 heterocycles. The highest BCUT2D eigenvalue weighted by Gasteiger charge is 2.24. The number of piperazine rings is 1. The van der Waals surface area contributed by atoms with Crippen LogP contribution in [-0.2, 0) is 0 Å². The fourth-order valence-corrected chi connectivity index (χ4v) is 2.55. The van der Waals surface area contributed by atoms with Gasteiger partial charge in [0, 0.05) is 34.8 Å². The van der Waals surface area contributed by atoms with Crippen molar-refractivity contribution in [1.29, 1.82) is 0 Å². The van der Waals surface area contributed by atoms with E-state index in [0.717, 1.165) is 28.8 Å². The summed E-state index contributed by atoms with van der Waals surface area (Å²) in [6.07, 6.45) is 0. The molecule has 2 rings (SSSR count). The molecule has 1 aromatic rings. The van der Waals surface area contributed by atoms with E-state index in [-0.39, 0.29) is 11.9 Å². The molecule has 1 saturated heterocycles. The number of rotatable bonds is 1. The van der Waals surface area contributed by atoms with Crippen LogP contribution in [0.4, 0.5) is 0 Å². The summed E-state index contributed by atoms with van der Waals surface area (Å²) in [5, 5.41) is 3.30. The van der Waals surface area contributed by atoms with Crippen LogP contribution in [-0.4, -0.2) is 36.5 Å². The Labute approximate surface area is 116 Å². The molecule has 0 aliphatic carbocycles. The standard InChI is InChI=1S/C13H17IN2O/c1-9-3-4-11(7-12(9)14)13(17)16-6-5-15-8-10(16)2/h3-4,7,10,15H,5-6,8H2,1-2H3/t10-/m1/s1. The molecule has 0 radical (unpaired) electrons. The summed E-state index contributed by atoms with van der Waals surface area (Å²) in [5.74, 6) is 0.150. The number of benzene rings is 1. The summed E-state index contributed by atoms with van der Waals surface area (Å²) in [7, 11) is 0. The molecule has 4 heteroatoms. The third-order valence-corrected chi connectivity index (χ3v) is 4.34. The average Bonchev–Trinajstić information content (AvgIpc) is 2.32. The van der Waals surface area contributed by atoms with E-state index in [2.05, 4.69) is 41.8 Å². The molecule has 1 atom stereocenters. The molecule has 1 N–H and O–H groups in total. The first-order valence-corrected chi connectivity index (χ1v) is 6.95. The molecule has 1 aliphatic rings. The third kappa shape index (κ3) is 2.80. The van der Waals surface area contributed by atoms with Gasteiger partial charge < -0.3 is 10.2 Å². The van der Waals surface area contributed by atoms with E-state index in [1.54, 1.807) is 0 Å². The lowest BCUT2D eigenvalue weighted by Crippen LogP contribution is -2.52. The summed E-state index contributed by atoms with van der Waals surface area (Å²) >= 11 is 2.28. The number of halogens is 1. The van der Waals surface area contributed by atoms with Crippen molar-refractivity contribution in [2.75, 3.05) is 19.6 Å². The van der Waals surface area contributed by atoms with Crippen molar-refractivity contribution in [2.24, 2.45) is 0 Å². The molecule has 0 spiro atoms. The van der Waals surface area contributed by atoms with Crippen molar-refractivity contribution < 1.29 is 4.79 Å². The fraction of sp³-hybridized carbons (Fsp3) is 0.462. The molecular formula is C13H17IN2O. The van der Waals surface area contributed by atoms with Gasteiger partial charge in [0.25, 0.3) is 5.91 Å². The molecule has 17 heavy (non-hydrogen) atoms. The van der Waals surface area contributed by atoms with Gasteiger partial charge >= 0.3 is 0 Å². The number of hydrogen-bond acceptors (Lipinski definition) is 2. The van der Waals surface area contributed by atoms with E-state index < -0.39 is 0 Å². The predicted octanol–water partition coefficient (Wildman–Crippen LogP) is 2.03. The predicted molar refractivity (Wildman–Crippen MR) is 77.3 cm³/mol. The first kappa shape index (κ1) is 12.8. The Hall–Kier alpha value is -0.620. The number of amides is 1. The van der Waals surface area contributed by atoms with Gasteiger partial charge in [0.2, 0.25) is 0 Å². The van der Waals surface area contributed by atoms with Crippen molar-refractivity contribution >= 4 is 28.5 Å². The van der Waals surface area contributed by atoms with Gasteiger partial charge in [-0.2, -0.15) is 0 Å². The zero-order valence-corrected chi connectivity index (χ0v) is 12.3. The van der Waals surface area contributed by atoms with Crippen LogP contribution in [0.5, 0.6) is 0 Å². The smallest absolute Gasteiger partial charge is 0.254 e. The normalized spacial score (nSPS) is 20.4. The van der Waals surface area contributed by atoms with Crippen LogP contribution in [0.3, 0.4) is 0 Å². The number of nitrogens with zero attached hydrogens (tertiary/aromatic N) is 1. The van der Waals surface area contributed by atoms with Crippen LogP contribution in [0.1, 0.15) is 22.8 Å². The molecule has 0 bridgehead atoms. The molecule has 0 aromatic heterocycles. The Morgan fingerprint density at radius 2 is 2.29 bits per heavy atom. The van der Waals surface area contributed by atoms with Gasteiger partial charge in [-0.1, -0.05) is 6.07 Å². The fourth-order valence-electron chi connectivity index (χ4n) is 2.03. The minimum absolute atomic E-state index is 0.150. The van der Waals surface area contributed by atoms with Gasteiger partial charge in [0.1, 0.15) is 0 Å². The zero-order chi connectivity index (χ0) is 12.4. The van der Waals surface area contributed by atoms with Crippen LogP contribution in [0.15, 0.2) is 18.2 Å². The summed E-state index contributed by atoms with van der Waals surface area (Å²) in [4.78, 5) is 14.3. The van der Waals surface area contributed by atoms with Crippen LogP contribution in [0.2, 0.25) is 0 Å². The Morgan fingerprint density at radius 1 is 1.53 bits per heavy atom. The lowest BCUT2D eigenvalue weighted by Gasteiger charge is -2.34. The minimum atomic E-state index is 0.150. The quantitative estimate of drug-likeness (QED) is 0.791. The lowest BCUT2D eigenvalue weighted by molar-refractivity contribution is 0.0655. The number of carbonyl (C=O) groups is 1. The van der Waals surface area contributed by atoms with Gasteiger partial charge in [-0.25, -0.2) is 0 Å². The van der Waals surface area contributed by atoms with E-state index in [9.17, 15) is 4.79 Å². The molecule has 0 unspecified atom stereocenters. The molecule has 1 aromatic carbocycles. The topological polar surface area (TPSA) is 32.3 Å². The van der Waals surface area contributed by atoms with E-state index in [1.807, 2.05) is 23.1 Å². The third-order valence-electron chi connectivity index (χ3n) is 3.18. The second-order valence-electron chi connectivity index (χ2n) is 4.52. The first-order chi connectivity index (χ1) is 8.09. The number of nitrogens with one attached hydrogen (secondary N) is 1. The minimum Gasteiger partial charge on any atom is -0.333 e. The van der Waals surface area contributed by atoms with Crippen LogP contribution >= 0.6 is 22.6 Å². The van der Waals surface area contributed by atoms with Crippen molar-refractivity contribution in [2.45, 2.75) is 19.9 Å². The maximum absolute atomic E-state index is 12.4. The summed E-state index contributed by atoms with van der Waals surface area (Å²) in [5.41, 5.74) is 2.02. The SMILES string of the molecule is Cc1ccc(C(=O)N2CCNC[C@H]2C)cc1I. The summed E-state index contributed by atoms with van der Waals surface area (Å²) < 4.78 is 1.15. The molecule has 1 amide bonds. The Kier molecular flexibility index (Phi) is 4.04. The maximum atomic E-state index is 12.4. The van der Waals surface area contributed by atoms with Gasteiger partial charge in [-0.05, 0) is 54.1 Å². The second-order valence-corrected chi connectivity index (χ2v) is 5.68. The Bertz CT molecular complexity index is 433. The summed E-state index contributed by atoms with van der Waals surface area (Å²) in [6.45, 7) is 6.71. The molecule has 1 aliphatic heterocycles. The number of aryl methyl sites for hydroxylation is 1. The molecule has 3 nitrogen and oxygen atoms in total. The summed E-state index contributed by atoms with van der Waals surface area (Å²) in [6, 6.07) is 6.19. The van der Waals surface area contributed by atoms with Crippen LogP contribution in [0, 0.1) is 10.5 Å². The van der Waals surface area contributed by atoms with Gasteiger partial charge in [0.05, 0.1) is 0 Å². The lowest BCUT2D eigenvalue weighted by atomic mass is 10.1. The second kappa shape index (κ2) is 5.35. The maximum Gasteiger partial charge on any atom is 0.254 e. The molecular weight excluding hydrogens is 327 g/mol. The van der Waals surface area contributed by atoms with Gasteiger partial charge in [-0.3, -0.25) is 4.79 Å². The Morgan fingerprint density at radius 3 is 2.94 bits per heavy atom. The monoisotopic (exact) mass is 344 g/mol. The number of carbonyl (C=O) groups excluding carboxylic acids is 1. The molecule has 92 valence electrons. The highest BCUT2D eigenvalue weighted by Crippen LogP contribution is 2.16. The van der Waals surface area contributed by atoms with E-state index in [4.69, 9.17) is 0 Å². The van der Waals surface area contributed by atoms with Gasteiger partial charge in [-0.15, -0.1) is 0 Å². The highest BCUT2D eigenvalue weighted by molar-refractivity contribution is 14.1.